The van der Waals surface area contributed by atoms with Crippen LogP contribution in [0.3, 0.4) is 0 Å². The van der Waals surface area contributed by atoms with E-state index in [2.05, 4.69) is 17.2 Å². The van der Waals surface area contributed by atoms with Crippen LogP contribution in [0.25, 0.3) is 0 Å². The molecule has 0 spiro atoms. The van der Waals surface area contributed by atoms with Crippen LogP contribution in [0.15, 0.2) is 12.3 Å². The Labute approximate surface area is 115 Å². The summed E-state index contributed by atoms with van der Waals surface area (Å²) in [5.41, 5.74) is -0.0857. The Kier molecular flexibility index (Phi) is 6.21. The minimum Gasteiger partial charge on any atom is -0.362 e. The first-order valence-corrected chi connectivity index (χ1v) is 7.22. The number of nitrogens with zero attached hydrogens (tertiary/aromatic N) is 2. The van der Waals surface area contributed by atoms with Crippen LogP contribution < -0.4 is 5.32 Å². The molecule has 1 aromatic heterocycles. The van der Waals surface area contributed by atoms with Gasteiger partial charge in [0, 0.05) is 18.3 Å². The molecule has 0 amide bonds. The number of hydrogen-bond donors (Lipinski definition) is 1. The zero-order valence-corrected chi connectivity index (χ0v) is 11.9. The second-order valence-corrected chi connectivity index (χ2v) is 5.64. The van der Waals surface area contributed by atoms with Crippen molar-refractivity contribution in [2.75, 3.05) is 16.8 Å². The average molecular weight is 290 g/mol. The highest BCUT2D eigenvalue weighted by molar-refractivity contribution is 7.99. The molecule has 18 heavy (non-hydrogen) atoms. The molecule has 5 nitrogen and oxygen atoms in total. The van der Waals surface area contributed by atoms with Crippen molar-refractivity contribution < 1.29 is 4.92 Å². The standard InChI is InChI=1S/C11H16ClN3O2S/c1-3-18-5-4-8(2)14-11-10(15(16)17)6-9(12)7-13-11/h6-8H,3-5H2,1-2H3,(H,13,14). The van der Waals surface area contributed by atoms with E-state index in [1.165, 1.54) is 12.3 Å². The number of hydrogen-bond acceptors (Lipinski definition) is 5. The van der Waals surface area contributed by atoms with Crippen LogP contribution in [0.4, 0.5) is 11.5 Å². The summed E-state index contributed by atoms with van der Waals surface area (Å²) in [7, 11) is 0. The van der Waals surface area contributed by atoms with Gasteiger partial charge in [0.1, 0.15) is 0 Å². The quantitative estimate of drug-likeness (QED) is 0.472. The predicted octanol–water partition coefficient (Wildman–Crippen LogP) is 3.59. The van der Waals surface area contributed by atoms with E-state index in [4.69, 9.17) is 11.6 Å². The van der Waals surface area contributed by atoms with Gasteiger partial charge in [0.05, 0.1) is 9.95 Å². The molecule has 0 bridgehead atoms. The number of aromatic nitrogens is 1. The Morgan fingerprint density at radius 1 is 1.67 bits per heavy atom. The van der Waals surface area contributed by atoms with Crippen LogP contribution >= 0.6 is 23.4 Å². The Morgan fingerprint density at radius 3 is 3.00 bits per heavy atom. The highest BCUT2D eigenvalue weighted by Gasteiger charge is 2.17. The molecule has 0 aromatic carbocycles. The molecule has 0 aliphatic heterocycles. The van der Waals surface area contributed by atoms with E-state index in [0.717, 1.165) is 17.9 Å². The molecule has 0 radical (unpaired) electrons. The van der Waals surface area contributed by atoms with Crippen molar-refractivity contribution in [1.82, 2.24) is 4.98 Å². The molecule has 1 unspecified atom stereocenters. The van der Waals surface area contributed by atoms with E-state index in [9.17, 15) is 10.1 Å². The third-order valence-corrected chi connectivity index (χ3v) is 3.45. The van der Waals surface area contributed by atoms with Crippen LogP contribution in [0.2, 0.25) is 5.02 Å². The van der Waals surface area contributed by atoms with Gasteiger partial charge in [0.2, 0.25) is 5.82 Å². The third-order valence-electron chi connectivity index (χ3n) is 2.31. The van der Waals surface area contributed by atoms with E-state index in [1.807, 2.05) is 18.7 Å². The number of anilines is 1. The fraction of sp³-hybridized carbons (Fsp3) is 0.545. The number of nitro groups is 1. The van der Waals surface area contributed by atoms with Crippen LogP contribution in [0.5, 0.6) is 0 Å². The van der Waals surface area contributed by atoms with Crippen LogP contribution in [-0.4, -0.2) is 27.5 Å². The normalized spacial score (nSPS) is 12.2. The topological polar surface area (TPSA) is 68.1 Å². The van der Waals surface area contributed by atoms with E-state index < -0.39 is 4.92 Å². The van der Waals surface area contributed by atoms with Gasteiger partial charge < -0.3 is 5.32 Å². The summed E-state index contributed by atoms with van der Waals surface area (Å²) in [5, 5.41) is 14.2. The first-order chi connectivity index (χ1) is 8.54. The third kappa shape index (κ3) is 4.70. The Balaban J connectivity index is 2.68. The number of nitrogens with one attached hydrogen (secondary N) is 1. The highest BCUT2D eigenvalue weighted by atomic mass is 35.5. The first-order valence-electron chi connectivity index (χ1n) is 5.68. The minimum atomic E-state index is -0.477. The number of halogens is 1. The molecule has 0 fully saturated rings. The maximum Gasteiger partial charge on any atom is 0.312 e. The van der Waals surface area contributed by atoms with Crippen molar-refractivity contribution in [3.05, 3.63) is 27.4 Å². The van der Waals surface area contributed by atoms with Crippen molar-refractivity contribution in [1.29, 1.82) is 0 Å². The van der Waals surface area contributed by atoms with Gasteiger partial charge in [0.25, 0.3) is 0 Å². The number of thioether (sulfide) groups is 1. The van der Waals surface area contributed by atoms with Gasteiger partial charge in [-0.15, -0.1) is 0 Å². The van der Waals surface area contributed by atoms with Crippen molar-refractivity contribution >= 4 is 34.9 Å². The second kappa shape index (κ2) is 7.43. The van der Waals surface area contributed by atoms with Gasteiger partial charge in [0.15, 0.2) is 0 Å². The SMILES string of the molecule is CCSCCC(C)Nc1ncc(Cl)cc1[N+](=O)[O-]. The van der Waals surface area contributed by atoms with Crippen molar-refractivity contribution in [3.63, 3.8) is 0 Å². The van der Waals surface area contributed by atoms with Gasteiger partial charge >= 0.3 is 5.69 Å². The van der Waals surface area contributed by atoms with Crippen LogP contribution in [0, 0.1) is 10.1 Å². The predicted molar refractivity (Wildman–Crippen MR) is 76.6 cm³/mol. The van der Waals surface area contributed by atoms with Crippen LogP contribution in [0.1, 0.15) is 20.3 Å². The molecule has 0 aliphatic carbocycles. The molecule has 1 atom stereocenters. The molecule has 1 rings (SSSR count). The molecule has 1 aromatic rings. The molecular weight excluding hydrogens is 274 g/mol. The summed E-state index contributed by atoms with van der Waals surface area (Å²) in [4.78, 5) is 14.4. The van der Waals surface area contributed by atoms with Gasteiger partial charge in [-0.1, -0.05) is 18.5 Å². The minimum absolute atomic E-state index is 0.0857. The van der Waals surface area contributed by atoms with E-state index in [-0.39, 0.29) is 22.6 Å². The van der Waals surface area contributed by atoms with E-state index >= 15 is 0 Å². The van der Waals surface area contributed by atoms with E-state index in [0.29, 0.717) is 0 Å². The number of pyridine rings is 1. The smallest absolute Gasteiger partial charge is 0.312 e. The van der Waals surface area contributed by atoms with E-state index in [1.54, 1.807) is 0 Å². The Hall–Kier alpha value is -1.01. The monoisotopic (exact) mass is 289 g/mol. The largest absolute Gasteiger partial charge is 0.362 e. The summed E-state index contributed by atoms with van der Waals surface area (Å²) < 4.78 is 0. The fourth-order valence-electron chi connectivity index (χ4n) is 1.39. The molecule has 7 heteroatoms. The van der Waals surface area contributed by atoms with Crippen molar-refractivity contribution in [2.45, 2.75) is 26.3 Å². The Morgan fingerprint density at radius 2 is 2.39 bits per heavy atom. The summed E-state index contributed by atoms with van der Waals surface area (Å²) in [5.74, 6) is 2.37. The summed E-state index contributed by atoms with van der Waals surface area (Å²) in [6.45, 7) is 4.09. The summed E-state index contributed by atoms with van der Waals surface area (Å²) in [6.07, 6.45) is 2.34. The molecule has 1 N–H and O–H groups in total. The lowest BCUT2D eigenvalue weighted by molar-refractivity contribution is -0.384. The van der Waals surface area contributed by atoms with Crippen LogP contribution in [-0.2, 0) is 0 Å². The fourth-order valence-corrected chi connectivity index (χ4v) is 2.35. The highest BCUT2D eigenvalue weighted by Crippen LogP contribution is 2.25. The van der Waals surface area contributed by atoms with Gasteiger partial charge in [-0.3, -0.25) is 10.1 Å². The van der Waals surface area contributed by atoms with Gasteiger partial charge in [-0.05, 0) is 24.9 Å². The molecule has 100 valence electrons. The molecular formula is C11H16ClN3O2S. The molecule has 0 saturated carbocycles. The van der Waals surface area contributed by atoms with Gasteiger partial charge in [-0.2, -0.15) is 11.8 Å². The maximum atomic E-state index is 10.9. The molecule has 1 heterocycles. The second-order valence-electron chi connectivity index (χ2n) is 3.81. The first kappa shape index (κ1) is 15.0. The molecule has 0 saturated heterocycles. The Bertz CT molecular complexity index is 417. The van der Waals surface area contributed by atoms with Gasteiger partial charge in [-0.25, -0.2) is 4.98 Å². The maximum absolute atomic E-state index is 10.9. The lowest BCUT2D eigenvalue weighted by Gasteiger charge is -2.14. The van der Waals surface area contributed by atoms with Crippen molar-refractivity contribution in [3.8, 4) is 0 Å². The average Bonchev–Trinajstić information content (AvgIpc) is 2.31. The lowest BCUT2D eigenvalue weighted by Crippen LogP contribution is -2.17. The zero-order valence-electron chi connectivity index (χ0n) is 10.4. The number of rotatable bonds is 7. The summed E-state index contributed by atoms with van der Waals surface area (Å²) >= 11 is 7.55. The summed E-state index contributed by atoms with van der Waals surface area (Å²) in [6, 6.07) is 1.45. The van der Waals surface area contributed by atoms with Crippen molar-refractivity contribution in [2.24, 2.45) is 0 Å². The zero-order chi connectivity index (χ0) is 13.5. The lowest BCUT2D eigenvalue weighted by atomic mass is 10.2. The molecule has 0 aliphatic rings.